The fourth-order valence-corrected chi connectivity index (χ4v) is 1.96. The molecule has 0 spiro atoms. The Hall–Kier alpha value is -1.82. The van der Waals surface area contributed by atoms with Gasteiger partial charge in [0.15, 0.2) is 0 Å². The second kappa shape index (κ2) is 5.22. The van der Waals surface area contributed by atoms with E-state index in [0.717, 1.165) is 6.42 Å². The summed E-state index contributed by atoms with van der Waals surface area (Å²) in [6.07, 6.45) is 2.57. The van der Waals surface area contributed by atoms with Crippen LogP contribution in [0.2, 0.25) is 5.02 Å². The zero-order chi connectivity index (χ0) is 13.1. The second-order valence-corrected chi connectivity index (χ2v) is 4.51. The van der Waals surface area contributed by atoms with Crippen molar-refractivity contribution in [1.29, 1.82) is 0 Å². The molecule has 2 rings (SSSR count). The highest BCUT2D eigenvalue weighted by Gasteiger charge is 2.21. The average molecular weight is 269 g/mol. The molecule has 2 heterocycles. The maximum Gasteiger partial charge on any atom is 0.253 e. The molecule has 0 aromatic carbocycles. The van der Waals surface area contributed by atoms with Crippen molar-refractivity contribution in [2.75, 3.05) is 12.3 Å². The molecule has 18 heavy (non-hydrogen) atoms. The normalized spacial score (nSPS) is 18.5. The van der Waals surface area contributed by atoms with Gasteiger partial charge in [0, 0.05) is 25.2 Å². The van der Waals surface area contributed by atoms with Crippen molar-refractivity contribution in [1.82, 2.24) is 15.6 Å². The van der Waals surface area contributed by atoms with Gasteiger partial charge in [0.1, 0.15) is 5.82 Å². The summed E-state index contributed by atoms with van der Waals surface area (Å²) in [4.78, 5) is 26.6. The van der Waals surface area contributed by atoms with E-state index in [0.29, 0.717) is 13.0 Å². The minimum atomic E-state index is -0.324. The number of carbonyl (C=O) groups excluding carboxylic acids is 2. The molecule has 1 saturated heterocycles. The van der Waals surface area contributed by atoms with Gasteiger partial charge in [-0.05, 0) is 12.5 Å². The summed E-state index contributed by atoms with van der Waals surface area (Å²) in [6.45, 7) is 0.378. The van der Waals surface area contributed by atoms with Crippen molar-refractivity contribution in [2.24, 2.45) is 0 Å². The number of amides is 2. The maximum absolute atomic E-state index is 11.9. The molecule has 96 valence electrons. The molecule has 0 bridgehead atoms. The summed E-state index contributed by atoms with van der Waals surface area (Å²) in [7, 11) is 0. The third kappa shape index (κ3) is 2.89. The van der Waals surface area contributed by atoms with Crippen LogP contribution >= 0.6 is 11.6 Å². The second-order valence-electron chi connectivity index (χ2n) is 4.10. The molecule has 1 aromatic rings. The average Bonchev–Trinajstić information content (AvgIpc) is 2.75. The number of rotatable bonds is 3. The minimum Gasteiger partial charge on any atom is -0.384 e. The molecular weight excluding hydrogens is 256 g/mol. The molecular formula is C11H13ClN4O2. The molecule has 1 aliphatic heterocycles. The van der Waals surface area contributed by atoms with Crippen LogP contribution in [0.25, 0.3) is 0 Å². The van der Waals surface area contributed by atoms with Crippen LogP contribution in [0.4, 0.5) is 5.82 Å². The minimum absolute atomic E-state index is 0.0143. The Bertz CT molecular complexity index is 492. The fourth-order valence-electron chi connectivity index (χ4n) is 1.77. The zero-order valence-corrected chi connectivity index (χ0v) is 10.3. The van der Waals surface area contributed by atoms with Crippen LogP contribution in [0.5, 0.6) is 0 Å². The summed E-state index contributed by atoms with van der Waals surface area (Å²) in [6, 6.07) is 1.41. The van der Waals surface area contributed by atoms with Crippen LogP contribution in [0, 0.1) is 0 Å². The number of nitrogen functional groups attached to an aromatic ring is 1. The van der Waals surface area contributed by atoms with Crippen molar-refractivity contribution in [2.45, 2.75) is 18.9 Å². The first-order valence-corrected chi connectivity index (χ1v) is 5.92. The molecule has 1 aromatic heterocycles. The highest BCUT2D eigenvalue weighted by atomic mass is 35.5. The summed E-state index contributed by atoms with van der Waals surface area (Å²) < 4.78 is 0. The Labute approximate surface area is 109 Å². The monoisotopic (exact) mass is 268 g/mol. The van der Waals surface area contributed by atoms with Gasteiger partial charge in [-0.2, -0.15) is 0 Å². The van der Waals surface area contributed by atoms with Crippen molar-refractivity contribution in [3.05, 3.63) is 22.8 Å². The van der Waals surface area contributed by atoms with Gasteiger partial charge in [0.25, 0.3) is 5.91 Å². The topological polar surface area (TPSA) is 97.1 Å². The Kier molecular flexibility index (Phi) is 3.66. The molecule has 0 saturated carbocycles. The van der Waals surface area contributed by atoms with Gasteiger partial charge in [-0.3, -0.25) is 9.59 Å². The molecule has 0 radical (unpaired) electrons. The van der Waals surface area contributed by atoms with Gasteiger partial charge >= 0.3 is 0 Å². The van der Waals surface area contributed by atoms with Crippen molar-refractivity contribution in [3.63, 3.8) is 0 Å². The van der Waals surface area contributed by atoms with E-state index < -0.39 is 0 Å². The number of hydrogen-bond acceptors (Lipinski definition) is 4. The number of nitrogens with two attached hydrogens (primary N) is 1. The van der Waals surface area contributed by atoms with Gasteiger partial charge in [-0.1, -0.05) is 11.6 Å². The van der Waals surface area contributed by atoms with E-state index in [1.165, 1.54) is 12.3 Å². The first-order chi connectivity index (χ1) is 8.56. The Morgan fingerprint density at radius 1 is 1.67 bits per heavy atom. The Balaban J connectivity index is 1.95. The van der Waals surface area contributed by atoms with Gasteiger partial charge < -0.3 is 16.4 Å². The summed E-state index contributed by atoms with van der Waals surface area (Å²) in [5, 5.41) is 5.72. The van der Waals surface area contributed by atoms with Crippen LogP contribution < -0.4 is 16.4 Å². The van der Waals surface area contributed by atoms with Crippen LogP contribution in [0.1, 0.15) is 23.2 Å². The van der Waals surface area contributed by atoms with E-state index in [1.807, 2.05) is 0 Å². The van der Waals surface area contributed by atoms with Crippen LogP contribution in [0.3, 0.4) is 0 Å². The number of anilines is 1. The number of carbonyl (C=O) groups is 2. The lowest BCUT2D eigenvalue weighted by atomic mass is 10.2. The number of hydrogen-bond donors (Lipinski definition) is 3. The molecule has 1 unspecified atom stereocenters. The molecule has 1 aliphatic rings. The molecule has 4 N–H and O–H groups in total. The predicted octanol–water partition coefficient (Wildman–Crippen LogP) is 0.326. The molecule has 0 aliphatic carbocycles. The lowest BCUT2D eigenvalue weighted by Crippen LogP contribution is -2.38. The van der Waals surface area contributed by atoms with E-state index in [1.54, 1.807) is 0 Å². The highest BCUT2D eigenvalue weighted by molar-refractivity contribution is 6.33. The number of halogens is 1. The van der Waals surface area contributed by atoms with Crippen LogP contribution in [-0.2, 0) is 4.79 Å². The molecule has 7 heteroatoms. The van der Waals surface area contributed by atoms with E-state index >= 15 is 0 Å². The third-order valence-electron chi connectivity index (χ3n) is 2.72. The van der Waals surface area contributed by atoms with Gasteiger partial charge in [-0.15, -0.1) is 0 Å². The summed E-state index contributed by atoms with van der Waals surface area (Å²) in [5.74, 6) is -0.0746. The van der Waals surface area contributed by atoms with Gasteiger partial charge in [0.2, 0.25) is 5.91 Å². The molecule has 2 amide bonds. The number of nitrogens with one attached hydrogen (secondary N) is 2. The molecule has 6 nitrogen and oxygen atoms in total. The van der Waals surface area contributed by atoms with Crippen LogP contribution in [-0.4, -0.2) is 29.4 Å². The third-order valence-corrected chi connectivity index (χ3v) is 3.02. The quantitative estimate of drug-likeness (QED) is 0.736. The van der Waals surface area contributed by atoms with E-state index in [2.05, 4.69) is 15.6 Å². The number of pyridine rings is 1. The standard InChI is InChI=1S/C11H13ClN4O2/c12-8-5-14-9(13)3-7(8)11(18)15-4-6-1-2-10(17)16-6/h3,5-6H,1-2,4H2,(H2,13,14)(H,15,18)(H,16,17). The SMILES string of the molecule is Nc1cc(C(=O)NCC2CCC(=O)N2)c(Cl)cn1. The fraction of sp³-hybridized carbons (Fsp3) is 0.364. The first-order valence-electron chi connectivity index (χ1n) is 5.55. The van der Waals surface area contributed by atoms with Crippen molar-refractivity contribution >= 4 is 29.2 Å². The Morgan fingerprint density at radius 3 is 3.11 bits per heavy atom. The molecule has 1 fully saturated rings. The Morgan fingerprint density at radius 2 is 2.44 bits per heavy atom. The zero-order valence-electron chi connectivity index (χ0n) is 9.57. The van der Waals surface area contributed by atoms with Gasteiger partial charge in [-0.25, -0.2) is 4.98 Å². The lowest BCUT2D eigenvalue weighted by Gasteiger charge is -2.12. The van der Waals surface area contributed by atoms with Gasteiger partial charge in [0.05, 0.1) is 10.6 Å². The predicted molar refractivity (Wildman–Crippen MR) is 67.2 cm³/mol. The number of aromatic nitrogens is 1. The van der Waals surface area contributed by atoms with Crippen molar-refractivity contribution < 1.29 is 9.59 Å². The van der Waals surface area contributed by atoms with E-state index in [9.17, 15) is 9.59 Å². The van der Waals surface area contributed by atoms with E-state index in [4.69, 9.17) is 17.3 Å². The lowest BCUT2D eigenvalue weighted by molar-refractivity contribution is -0.119. The first kappa shape index (κ1) is 12.6. The van der Waals surface area contributed by atoms with Crippen molar-refractivity contribution in [3.8, 4) is 0 Å². The maximum atomic E-state index is 11.9. The van der Waals surface area contributed by atoms with E-state index in [-0.39, 0.29) is 34.3 Å². The number of nitrogens with zero attached hydrogens (tertiary/aromatic N) is 1. The summed E-state index contributed by atoms with van der Waals surface area (Å²) in [5.41, 5.74) is 5.78. The van der Waals surface area contributed by atoms with Crippen LogP contribution in [0.15, 0.2) is 12.3 Å². The highest BCUT2D eigenvalue weighted by Crippen LogP contribution is 2.16. The largest absolute Gasteiger partial charge is 0.384 e. The summed E-state index contributed by atoms with van der Waals surface area (Å²) >= 11 is 5.86. The smallest absolute Gasteiger partial charge is 0.253 e. The molecule has 1 atom stereocenters.